The molecule has 17 heavy (non-hydrogen) atoms. The molecular formula is C12H20N2O3. The van der Waals surface area contributed by atoms with Gasteiger partial charge in [0.05, 0.1) is 6.61 Å². The summed E-state index contributed by atoms with van der Waals surface area (Å²) >= 11 is 0. The Hall–Kier alpha value is -1.17. The zero-order valence-corrected chi connectivity index (χ0v) is 10.2. The van der Waals surface area contributed by atoms with Gasteiger partial charge in [-0.25, -0.2) is 4.98 Å². The molecule has 1 rings (SSSR count). The molecule has 96 valence electrons. The maximum atomic E-state index is 5.52. The van der Waals surface area contributed by atoms with Gasteiger partial charge in [-0.2, -0.15) is 0 Å². The van der Waals surface area contributed by atoms with Crippen LogP contribution < -0.4 is 10.5 Å². The Morgan fingerprint density at radius 3 is 2.88 bits per heavy atom. The SMILES string of the molecule is COCCCOCCOc1cc(CN)ccn1. The lowest BCUT2D eigenvalue weighted by Crippen LogP contribution is -2.09. The molecular weight excluding hydrogens is 220 g/mol. The predicted octanol–water partition coefficient (Wildman–Crippen LogP) is 0.972. The Labute approximate surface area is 102 Å². The van der Waals surface area contributed by atoms with E-state index >= 15 is 0 Å². The summed E-state index contributed by atoms with van der Waals surface area (Å²) in [5.41, 5.74) is 6.53. The first-order valence-electron chi connectivity index (χ1n) is 5.71. The van der Waals surface area contributed by atoms with E-state index in [0.717, 1.165) is 18.6 Å². The van der Waals surface area contributed by atoms with Crippen LogP contribution in [0.15, 0.2) is 18.3 Å². The highest BCUT2D eigenvalue weighted by Gasteiger charge is 1.97. The molecule has 0 aliphatic heterocycles. The standard InChI is InChI=1S/C12H20N2O3/c1-15-5-2-6-16-7-8-17-12-9-11(10-13)3-4-14-12/h3-4,9H,2,5-8,10,13H2,1H3. The number of hydrogen-bond donors (Lipinski definition) is 1. The van der Waals surface area contributed by atoms with Gasteiger partial charge in [0, 0.05) is 39.1 Å². The van der Waals surface area contributed by atoms with Gasteiger partial charge in [-0.3, -0.25) is 0 Å². The van der Waals surface area contributed by atoms with Gasteiger partial charge < -0.3 is 19.9 Å². The van der Waals surface area contributed by atoms with E-state index in [1.165, 1.54) is 0 Å². The summed E-state index contributed by atoms with van der Waals surface area (Å²) in [5, 5.41) is 0. The summed E-state index contributed by atoms with van der Waals surface area (Å²) in [5.74, 6) is 0.591. The lowest BCUT2D eigenvalue weighted by atomic mass is 10.3. The molecule has 2 N–H and O–H groups in total. The van der Waals surface area contributed by atoms with Crippen LogP contribution in [0.1, 0.15) is 12.0 Å². The fourth-order valence-corrected chi connectivity index (χ4v) is 1.27. The van der Waals surface area contributed by atoms with Crippen LogP contribution in [0.3, 0.4) is 0 Å². The van der Waals surface area contributed by atoms with Crippen LogP contribution in [0.2, 0.25) is 0 Å². The summed E-state index contributed by atoms with van der Waals surface area (Å²) in [6.07, 6.45) is 2.59. The lowest BCUT2D eigenvalue weighted by Gasteiger charge is -2.07. The second kappa shape index (κ2) is 8.92. The van der Waals surface area contributed by atoms with Gasteiger partial charge in [0.1, 0.15) is 6.61 Å². The van der Waals surface area contributed by atoms with E-state index in [-0.39, 0.29) is 0 Å². The third kappa shape index (κ3) is 6.21. The number of nitrogens with zero attached hydrogens (tertiary/aromatic N) is 1. The van der Waals surface area contributed by atoms with Crippen LogP contribution in [0.5, 0.6) is 5.88 Å². The normalized spacial score (nSPS) is 10.5. The molecule has 5 heteroatoms. The molecule has 0 radical (unpaired) electrons. The van der Waals surface area contributed by atoms with Crippen LogP contribution in [-0.2, 0) is 16.0 Å². The van der Waals surface area contributed by atoms with Crippen molar-refractivity contribution in [2.75, 3.05) is 33.5 Å². The first-order chi connectivity index (χ1) is 8.36. The van der Waals surface area contributed by atoms with Gasteiger partial charge in [-0.1, -0.05) is 0 Å². The van der Waals surface area contributed by atoms with Crippen molar-refractivity contribution >= 4 is 0 Å². The van der Waals surface area contributed by atoms with Crippen LogP contribution in [0.25, 0.3) is 0 Å². The largest absolute Gasteiger partial charge is 0.475 e. The van der Waals surface area contributed by atoms with Crippen molar-refractivity contribution in [1.82, 2.24) is 4.98 Å². The second-order valence-electron chi connectivity index (χ2n) is 3.51. The maximum absolute atomic E-state index is 5.52. The minimum atomic E-state index is 0.492. The number of aromatic nitrogens is 1. The molecule has 1 aromatic heterocycles. The Balaban J connectivity index is 2.09. The Morgan fingerprint density at radius 1 is 1.24 bits per heavy atom. The van der Waals surface area contributed by atoms with Gasteiger partial charge in [-0.15, -0.1) is 0 Å². The fourth-order valence-electron chi connectivity index (χ4n) is 1.27. The van der Waals surface area contributed by atoms with E-state index in [1.54, 1.807) is 13.3 Å². The number of ether oxygens (including phenoxy) is 3. The van der Waals surface area contributed by atoms with Crippen molar-refractivity contribution in [3.8, 4) is 5.88 Å². The van der Waals surface area contributed by atoms with E-state index < -0.39 is 0 Å². The number of methoxy groups -OCH3 is 1. The molecule has 1 aromatic rings. The Kier molecular flexibility index (Phi) is 7.29. The van der Waals surface area contributed by atoms with Gasteiger partial charge in [0.15, 0.2) is 0 Å². The summed E-state index contributed by atoms with van der Waals surface area (Å²) in [7, 11) is 1.68. The van der Waals surface area contributed by atoms with Crippen LogP contribution in [-0.4, -0.2) is 38.5 Å². The molecule has 0 saturated heterocycles. The third-order valence-electron chi connectivity index (χ3n) is 2.15. The first-order valence-corrected chi connectivity index (χ1v) is 5.71. The van der Waals surface area contributed by atoms with Crippen molar-refractivity contribution in [3.63, 3.8) is 0 Å². The molecule has 0 fully saturated rings. The summed E-state index contributed by atoms with van der Waals surface area (Å²) in [4.78, 5) is 4.08. The monoisotopic (exact) mass is 240 g/mol. The minimum absolute atomic E-state index is 0.492. The van der Waals surface area contributed by atoms with Crippen molar-refractivity contribution in [2.24, 2.45) is 5.73 Å². The molecule has 0 aliphatic rings. The molecule has 0 atom stereocenters. The number of pyridine rings is 1. The average Bonchev–Trinajstić information content (AvgIpc) is 2.38. The Bertz CT molecular complexity index is 308. The van der Waals surface area contributed by atoms with Crippen LogP contribution in [0.4, 0.5) is 0 Å². The summed E-state index contributed by atoms with van der Waals surface area (Å²) in [6.45, 7) is 2.95. The van der Waals surface area contributed by atoms with E-state index in [4.69, 9.17) is 19.9 Å². The highest BCUT2D eigenvalue weighted by atomic mass is 16.5. The molecule has 0 spiro atoms. The van der Waals surface area contributed by atoms with Gasteiger partial charge in [0.2, 0.25) is 5.88 Å². The summed E-state index contributed by atoms with van der Waals surface area (Å²) in [6, 6.07) is 3.71. The molecule has 0 unspecified atom stereocenters. The van der Waals surface area contributed by atoms with Crippen LogP contribution in [0, 0.1) is 0 Å². The molecule has 1 heterocycles. The zero-order valence-electron chi connectivity index (χ0n) is 10.2. The van der Waals surface area contributed by atoms with E-state index in [1.807, 2.05) is 12.1 Å². The second-order valence-corrected chi connectivity index (χ2v) is 3.51. The molecule has 0 bridgehead atoms. The highest BCUT2D eigenvalue weighted by Crippen LogP contribution is 2.08. The molecule has 5 nitrogen and oxygen atoms in total. The number of rotatable bonds is 9. The molecule has 0 aromatic carbocycles. The van der Waals surface area contributed by atoms with Gasteiger partial charge >= 0.3 is 0 Å². The molecule has 0 amide bonds. The quantitative estimate of drug-likeness (QED) is 0.651. The van der Waals surface area contributed by atoms with Gasteiger partial charge in [-0.05, 0) is 18.1 Å². The molecule has 0 saturated carbocycles. The van der Waals surface area contributed by atoms with Crippen LogP contribution >= 0.6 is 0 Å². The smallest absolute Gasteiger partial charge is 0.213 e. The molecule has 0 aliphatic carbocycles. The average molecular weight is 240 g/mol. The highest BCUT2D eigenvalue weighted by molar-refractivity contribution is 5.19. The summed E-state index contributed by atoms with van der Waals surface area (Å²) < 4.78 is 15.7. The maximum Gasteiger partial charge on any atom is 0.213 e. The van der Waals surface area contributed by atoms with Crippen molar-refractivity contribution in [3.05, 3.63) is 23.9 Å². The topological polar surface area (TPSA) is 66.6 Å². The predicted molar refractivity (Wildman–Crippen MR) is 64.9 cm³/mol. The fraction of sp³-hybridized carbons (Fsp3) is 0.583. The Morgan fingerprint density at radius 2 is 2.12 bits per heavy atom. The lowest BCUT2D eigenvalue weighted by molar-refractivity contribution is 0.0795. The zero-order chi connectivity index (χ0) is 12.3. The number of nitrogens with two attached hydrogens (primary N) is 1. The van der Waals surface area contributed by atoms with Crippen molar-refractivity contribution in [1.29, 1.82) is 0 Å². The third-order valence-corrected chi connectivity index (χ3v) is 2.15. The number of hydrogen-bond acceptors (Lipinski definition) is 5. The van der Waals surface area contributed by atoms with Crippen molar-refractivity contribution in [2.45, 2.75) is 13.0 Å². The van der Waals surface area contributed by atoms with E-state index in [0.29, 0.717) is 32.2 Å². The van der Waals surface area contributed by atoms with Crippen molar-refractivity contribution < 1.29 is 14.2 Å². The first kappa shape index (κ1) is 13.9. The van der Waals surface area contributed by atoms with E-state index in [9.17, 15) is 0 Å². The van der Waals surface area contributed by atoms with Gasteiger partial charge in [0.25, 0.3) is 0 Å². The van der Waals surface area contributed by atoms with E-state index in [2.05, 4.69) is 4.98 Å². The minimum Gasteiger partial charge on any atom is -0.475 e.